The second kappa shape index (κ2) is 7.05. The van der Waals surface area contributed by atoms with Crippen LogP contribution in [0.15, 0.2) is 65.8 Å². The zero-order valence-corrected chi connectivity index (χ0v) is 15.0. The molecular formula is C19H14ClN5O2. The molecule has 27 heavy (non-hydrogen) atoms. The van der Waals surface area contributed by atoms with Gasteiger partial charge in [0.1, 0.15) is 29.2 Å². The number of halogens is 1. The predicted molar refractivity (Wildman–Crippen MR) is 101 cm³/mol. The number of nitrogens with one attached hydrogen (secondary N) is 1. The number of hydrogen-bond donors (Lipinski definition) is 1. The minimum absolute atomic E-state index is 0.335. The largest absolute Gasteiger partial charge is 0.360 e. The maximum atomic E-state index is 12.8. The molecular weight excluding hydrogens is 366 g/mol. The Kier molecular flexibility index (Phi) is 4.43. The molecule has 3 heterocycles. The fourth-order valence-corrected chi connectivity index (χ4v) is 2.90. The van der Waals surface area contributed by atoms with E-state index >= 15 is 0 Å². The molecule has 0 aliphatic heterocycles. The third-order valence-electron chi connectivity index (χ3n) is 3.99. The summed E-state index contributed by atoms with van der Waals surface area (Å²) in [6.45, 7) is 1.68. The molecule has 8 heteroatoms. The molecule has 0 bridgehead atoms. The van der Waals surface area contributed by atoms with Gasteiger partial charge in [-0.2, -0.15) is 0 Å². The minimum atomic E-state index is -0.346. The van der Waals surface area contributed by atoms with Crippen molar-refractivity contribution in [1.29, 1.82) is 0 Å². The van der Waals surface area contributed by atoms with Crippen molar-refractivity contribution >= 4 is 23.2 Å². The summed E-state index contributed by atoms with van der Waals surface area (Å²) in [5, 5.41) is 7.32. The van der Waals surface area contributed by atoms with Gasteiger partial charge in [-0.25, -0.2) is 9.97 Å². The number of imidazole rings is 1. The van der Waals surface area contributed by atoms with Gasteiger partial charge in [0.15, 0.2) is 0 Å². The minimum Gasteiger partial charge on any atom is -0.360 e. The van der Waals surface area contributed by atoms with E-state index in [1.54, 1.807) is 60.7 Å². The first-order chi connectivity index (χ1) is 13.1. The maximum absolute atomic E-state index is 12.8. The number of anilines is 1. The average Bonchev–Trinajstić information content (AvgIpc) is 3.33. The quantitative estimate of drug-likeness (QED) is 0.576. The van der Waals surface area contributed by atoms with Crippen molar-refractivity contribution < 1.29 is 9.32 Å². The number of pyridine rings is 1. The highest BCUT2D eigenvalue weighted by atomic mass is 35.5. The van der Waals surface area contributed by atoms with Crippen molar-refractivity contribution in [3.63, 3.8) is 0 Å². The van der Waals surface area contributed by atoms with E-state index in [-0.39, 0.29) is 5.91 Å². The van der Waals surface area contributed by atoms with Crippen LogP contribution in [0.5, 0.6) is 0 Å². The average molecular weight is 380 g/mol. The number of rotatable bonds is 4. The van der Waals surface area contributed by atoms with E-state index in [4.69, 9.17) is 16.1 Å². The molecule has 1 aromatic carbocycles. The molecule has 0 radical (unpaired) electrons. The Balaban J connectivity index is 1.61. The molecule has 4 rings (SSSR count). The van der Waals surface area contributed by atoms with Crippen LogP contribution in [0.4, 0.5) is 5.69 Å². The smallest absolute Gasteiger partial charge is 0.261 e. The zero-order chi connectivity index (χ0) is 18.8. The lowest BCUT2D eigenvalue weighted by atomic mass is 10.1. The zero-order valence-electron chi connectivity index (χ0n) is 14.3. The van der Waals surface area contributed by atoms with E-state index in [0.717, 1.165) is 0 Å². The number of benzene rings is 1. The SMILES string of the molecule is Cc1onc(-c2ccccc2Cl)c1C(=O)Nc1ccc(-n2ccnc2)nc1. The molecule has 0 aliphatic carbocycles. The number of aromatic nitrogens is 4. The summed E-state index contributed by atoms with van der Waals surface area (Å²) in [4.78, 5) is 21.1. The molecule has 0 unspecified atom stereocenters. The Hall–Kier alpha value is -3.45. The van der Waals surface area contributed by atoms with Crippen molar-refractivity contribution in [2.24, 2.45) is 0 Å². The first kappa shape index (κ1) is 17.0. The van der Waals surface area contributed by atoms with Gasteiger partial charge < -0.3 is 9.84 Å². The summed E-state index contributed by atoms with van der Waals surface area (Å²) >= 11 is 6.24. The molecule has 4 aromatic rings. The first-order valence-corrected chi connectivity index (χ1v) is 8.48. The van der Waals surface area contributed by atoms with Crippen LogP contribution >= 0.6 is 11.6 Å². The second-order valence-electron chi connectivity index (χ2n) is 5.77. The number of amides is 1. The topological polar surface area (TPSA) is 85.8 Å². The Morgan fingerprint density at radius 1 is 1.22 bits per heavy atom. The van der Waals surface area contributed by atoms with E-state index in [1.807, 2.05) is 12.1 Å². The summed E-state index contributed by atoms with van der Waals surface area (Å²) in [6, 6.07) is 10.7. The third-order valence-corrected chi connectivity index (χ3v) is 4.32. The number of nitrogens with zero attached hydrogens (tertiary/aromatic N) is 4. The summed E-state index contributed by atoms with van der Waals surface area (Å²) in [6.07, 6.45) is 6.68. The standard InChI is InChI=1S/C19H14ClN5O2/c1-12-17(18(24-27-12)14-4-2-3-5-15(14)20)19(26)23-13-6-7-16(22-10-13)25-9-8-21-11-25/h2-11H,1H3,(H,23,26). The molecule has 0 saturated heterocycles. The van der Waals surface area contributed by atoms with Gasteiger partial charge in [-0.15, -0.1) is 0 Å². The molecule has 1 N–H and O–H groups in total. The van der Waals surface area contributed by atoms with E-state index in [1.165, 1.54) is 0 Å². The normalized spacial score (nSPS) is 10.7. The molecule has 0 atom stereocenters. The molecule has 0 fully saturated rings. The Bertz CT molecular complexity index is 1090. The van der Waals surface area contributed by atoms with E-state index in [0.29, 0.717) is 39.1 Å². The summed E-state index contributed by atoms with van der Waals surface area (Å²) in [5.41, 5.74) is 1.92. The van der Waals surface area contributed by atoms with Gasteiger partial charge in [0.2, 0.25) is 0 Å². The van der Waals surface area contributed by atoms with E-state index in [2.05, 4.69) is 20.4 Å². The van der Waals surface area contributed by atoms with Crippen molar-refractivity contribution in [1.82, 2.24) is 19.7 Å². The van der Waals surface area contributed by atoms with Crippen LogP contribution in [0.1, 0.15) is 16.1 Å². The summed E-state index contributed by atoms with van der Waals surface area (Å²) in [5.74, 6) is 0.759. The van der Waals surface area contributed by atoms with Gasteiger partial charge in [0.05, 0.1) is 16.9 Å². The molecule has 7 nitrogen and oxygen atoms in total. The fraction of sp³-hybridized carbons (Fsp3) is 0.0526. The Morgan fingerprint density at radius 2 is 2.07 bits per heavy atom. The monoisotopic (exact) mass is 379 g/mol. The number of carbonyl (C=O) groups is 1. The molecule has 1 amide bonds. The van der Waals surface area contributed by atoms with Crippen LogP contribution in [0.3, 0.4) is 0 Å². The predicted octanol–water partition coefficient (Wildman–Crippen LogP) is 4.14. The molecule has 3 aromatic heterocycles. The van der Waals surface area contributed by atoms with Crippen molar-refractivity contribution in [3.05, 3.63) is 77.7 Å². The number of hydrogen-bond acceptors (Lipinski definition) is 5. The number of aryl methyl sites for hydroxylation is 1. The van der Waals surface area contributed by atoms with Gasteiger partial charge in [0.25, 0.3) is 5.91 Å². The van der Waals surface area contributed by atoms with Crippen LogP contribution in [0.25, 0.3) is 17.1 Å². The van der Waals surface area contributed by atoms with Crippen molar-refractivity contribution in [3.8, 4) is 17.1 Å². The Morgan fingerprint density at radius 3 is 2.78 bits per heavy atom. The highest BCUT2D eigenvalue weighted by molar-refractivity contribution is 6.33. The van der Waals surface area contributed by atoms with Gasteiger partial charge in [-0.3, -0.25) is 9.36 Å². The van der Waals surface area contributed by atoms with E-state index in [9.17, 15) is 4.79 Å². The molecule has 0 saturated carbocycles. The number of carbonyl (C=O) groups excluding carboxylic acids is 1. The van der Waals surface area contributed by atoms with Crippen LogP contribution < -0.4 is 5.32 Å². The lowest BCUT2D eigenvalue weighted by molar-refractivity contribution is 0.102. The van der Waals surface area contributed by atoms with Gasteiger partial charge >= 0.3 is 0 Å². The van der Waals surface area contributed by atoms with Gasteiger partial charge in [-0.1, -0.05) is 35.0 Å². The van der Waals surface area contributed by atoms with E-state index < -0.39 is 0 Å². The van der Waals surface area contributed by atoms with Crippen LogP contribution in [-0.2, 0) is 0 Å². The highest BCUT2D eigenvalue weighted by Gasteiger charge is 2.23. The molecule has 134 valence electrons. The summed E-state index contributed by atoms with van der Waals surface area (Å²) in [7, 11) is 0. The second-order valence-corrected chi connectivity index (χ2v) is 6.18. The van der Waals surface area contributed by atoms with Crippen molar-refractivity contribution in [2.75, 3.05) is 5.32 Å². The maximum Gasteiger partial charge on any atom is 0.261 e. The van der Waals surface area contributed by atoms with Gasteiger partial charge in [-0.05, 0) is 25.1 Å². The van der Waals surface area contributed by atoms with Crippen LogP contribution in [0, 0.1) is 6.92 Å². The van der Waals surface area contributed by atoms with Crippen LogP contribution in [0.2, 0.25) is 5.02 Å². The summed E-state index contributed by atoms with van der Waals surface area (Å²) < 4.78 is 7.01. The van der Waals surface area contributed by atoms with Crippen molar-refractivity contribution in [2.45, 2.75) is 6.92 Å². The third kappa shape index (κ3) is 3.32. The molecule has 0 aliphatic rings. The first-order valence-electron chi connectivity index (χ1n) is 8.10. The molecule has 0 spiro atoms. The highest BCUT2D eigenvalue weighted by Crippen LogP contribution is 2.31. The lowest BCUT2D eigenvalue weighted by Gasteiger charge is -2.07. The fourth-order valence-electron chi connectivity index (χ4n) is 2.68. The van der Waals surface area contributed by atoms with Gasteiger partial charge in [0, 0.05) is 18.0 Å². The lowest BCUT2D eigenvalue weighted by Crippen LogP contribution is -2.14. The Labute approximate surface area is 159 Å². The van der Waals surface area contributed by atoms with Crippen LogP contribution in [-0.4, -0.2) is 25.6 Å².